The molecule has 0 spiro atoms. The molecule has 1 rings (SSSR count). The summed E-state index contributed by atoms with van der Waals surface area (Å²) in [5.41, 5.74) is 0. The SMILES string of the molecule is C[C@@H](NS(=O)(=O)c1ccc(Cl)nc1)C(F)(F)F. The molecule has 0 aliphatic carbocycles. The molecule has 0 radical (unpaired) electrons. The van der Waals surface area contributed by atoms with E-state index in [9.17, 15) is 21.6 Å². The number of nitrogens with zero attached hydrogens (tertiary/aromatic N) is 1. The molecule has 1 aromatic rings. The van der Waals surface area contributed by atoms with Crippen molar-refractivity contribution in [1.82, 2.24) is 9.71 Å². The van der Waals surface area contributed by atoms with Gasteiger partial charge >= 0.3 is 6.18 Å². The van der Waals surface area contributed by atoms with Gasteiger partial charge in [0.25, 0.3) is 0 Å². The molecular formula is C8H8ClF3N2O2S. The topological polar surface area (TPSA) is 59.1 Å². The number of nitrogens with one attached hydrogen (secondary N) is 1. The van der Waals surface area contributed by atoms with Crippen molar-refractivity contribution in [3.8, 4) is 0 Å². The third-order valence-electron chi connectivity index (χ3n) is 1.83. The summed E-state index contributed by atoms with van der Waals surface area (Å²) in [5, 5.41) is 0.0489. The summed E-state index contributed by atoms with van der Waals surface area (Å²) in [4.78, 5) is 3.10. The summed E-state index contributed by atoms with van der Waals surface area (Å²) < 4.78 is 61.1. The molecule has 1 N–H and O–H groups in total. The van der Waals surface area contributed by atoms with Crippen LogP contribution in [-0.2, 0) is 10.0 Å². The average Bonchev–Trinajstić information content (AvgIpc) is 2.16. The van der Waals surface area contributed by atoms with E-state index in [1.54, 1.807) is 0 Å². The highest BCUT2D eigenvalue weighted by molar-refractivity contribution is 7.89. The lowest BCUT2D eigenvalue weighted by atomic mass is 10.4. The number of hydrogen-bond acceptors (Lipinski definition) is 3. The fourth-order valence-corrected chi connectivity index (χ4v) is 2.17. The molecule has 0 unspecified atom stereocenters. The van der Waals surface area contributed by atoms with E-state index in [1.807, 2.05) is 0 Å². The van der Waals surface area contributed by atoms with Gasteiger partial charge in [0.05, 0.1) is 0 Å². The molecule has 1 aromatic heterocycles. The van der Waals surface area contributed by atoms with E-state index < -0.39 is 22.2 Å². The summed E-state index contributed by atoms with van der Waals surface area (Å²) in [5.74, 6) is 0. The summed E-state index contributed by atoms with van der Waals surface area (Å²) >= 11 is 5.43. The van der Waals surface area contributed by atoms with Gasteiger partial charge in [-0.3, -0.25) is 0 Å². The first-order chi connectivity index (χ1) is 7.63. The maximum absolute atomic E-state index is 12.2. The van der Waals surface area contributed by atoms with Crippen LogP contribution < -0.4 is 4.72 Å². The Morgan fingerprint density at radius 2 is 2.00 bits per heavy atom. The highest BCUT2D eigenvalue weighted by atomic mass is 35.5. The molecule has 0 fully saturated rings. The molecule has 0 aliphatic rings. The van der Waals surface area contributed by atoms with Crippen molar-refractivity contribution in [3.63, 3.8) is 0 Å². The molecule has 1 atom stereocenters. The lowest BCUT2D eigenvalue weighted by Crippen LogP contribution is -2.42. The smallest absolute Gasteiger partial charge is 0.243 e. The molecule has 4 nitrogen and oxygen atoms in total. The third kappa shape index (κ3) is 3.83. The monoisotopic (exact) mass is 288 g/mol. The van der Waals surface area contributed by atoms with E-state index in [-0.39, 0.29) is 10.0 Å². The Labute approximate surface area is 101 Å². The number of aromatic nitrogens is 1. The number of pyridine rings is 1. The predicted octanol–water partition coefficient (Wildman–Crippen LogP) is 1.96. The second-order valence-corrected chi connectivity index (χ2v) is 5.30. The van der Waals surface area contributed by atoms with Crippen LogP contribution in [0.5, 0.6) is 0 Å². The summed E-state index contributed by atoms with van der Waals surface area (Å²) in [6, 6.07) is 0.0676. The normalized spacial score (nSPS) is 14.6. The van der Waals surface area contributed by atoms with E-state index >= 15 is 0 Å². The number of halogens is 4. The zero-order valence-corrected chi connectivity index (χ0v) is 10.1. The number of sulfonamides is 1. The van der Waals surface area contributed by atoms with Gasteiger partial charge in [0.2, 0.25) is 10.0 Å². The molecular weight excluding hydrogens is 281 g/mol. The second-order valence-electron chi connectivity index (χ2n) is 3.20. The molecule has 0 bridgehead atoms. The molecule has 0 saturated heterocycles. The molecule has 0 aliphatic heterocycles. The molecule has 0 saturated carbocycles. The Balaban J connectivity index is 2.94. The van der Waals surface area contributed by atoms with Crippen molar-refractivity contribution in [2.24, 2.45) is 0 Å². The van der Waals surface area contributed by atoms with Crippen LogP contribution in [0.3, 0.4) is 0 Å². The van der Waals surface area contributed by atoms with E-state index in [1.165, 1.54) is 10.8 Å². The van der Waals surface area contributed by atoms with Gasteiger partial charge in [0, 0.05) is 6.20 Å². The van der Waals surface area contributed by atoms with Gasteiger partial charge < -0.3 is 0 Å². The minimum atomic E-state index is -4.65. The van der Waals surface area contributed by atoms with Gasteiger partial charge in [-0.2, -0.15) is 17.9 Å². The van der Waals surface area contributed by atoms with Crippen LogP contribution in [0.25, 0.3) is 0 Å². The largest absolute Gasteiger partial charge is 0.404 e. The first-order valence-corrected chi connectivity index (χ1v) is 6.19. The Morgan fingerprint density at radius 1 is 1.41 bits per heavy atom. The highest BCUT2D eigenvalue weighted by Crippen LogP contribution is 2.21. The quantitative estimate of drug-likeness (QED) is 0.865. The molecule has 96 valence electrons. The van der Waals surface area contributed by atoms with Crippen LogP contribution in [0, 0.1) is 0 Å². The fraction of sp³-hybridized carbons (Fsp3) is 0.375. The van der Waals surface area contributed by atoms with E-state index in [2.05, 4.69) is 4.98 Å². The molecule has 9 heteroatoms. The van der Waals surface area contributed by atoms with Crippen LogP contribution >= 0.6 is 11.6 Å². The van der Waals surface area contributed by atoms with Crippen LogP contribution in [-0.4, -0.2) is 25.6 Å². The van der Waals surface area contributed by atoms with Gasteiger partial charge in [0.1, 0.15) is 16.1 Å². The zero-order chi connectivity index (χ0) is 13.3. The van der Waals surface area contributed by atoms with E-state index in [0.717, 1.165) is 12.3 Å². The first-order valence-electron chi connectivity index (χ1n) is 4.33. The van der Waals surface area contributed by atoms with Crippen molar-refractivity contribution in [3.05, 3.63) is 23.5 Å². The van der Waals surface area contributed by atoms with Crippen LogP contribution in [0.2, 0.25) is 5.15 Å². The van der Waals surface area contributed by atoms with Crippen molar-refractivity contribution in [2.75, 3.05) is 0 Å². The standard InChI is InChI=1S/C8H8ClF3N2O2S/c1-5(8(10,11)12)14-17(15,16)6-2-3-7(9)13-4-6/h2-5,14H,1H3/t5-/m1/s1. The van der Waals surface area contributed by atoms with Gasteiger partial charge in [-0.15, -0.1) is 0 Å². The summed E-state index contributed by atoms with van der Waals surface area (Å²) in [6.07, 6.45) is -3.76. The lowest BCUT2D eigenvalue weighted by molar-refractivity contribution is -0.147. The Bertz CT molecular complexity index is 486. The van der Waals surface area contributed by atoms with Crippen LogP contribution in [0.4, 0.5) is 13.2 Å². The Kier molecular flexibility index (Phi) is 4.00. The van der Waals surface area contributed by atoms with Crippen molar-refractivity contribution < 1.29 is 21.6 Å². The summed E-state index contributed by atoms with van der Waals surface area (Å²) in [6.45, 7) is 0.709. The highest BCUT2D eigenvalue weighted by Gasteiger charge is 2.38. The molecule has 0 amide bonds. The van der Waals surface area contributed by atoms with Crippen molar-refractivity contribution in [1.29, 1.82) is 0 Å². The number of rotatable bonds is 3. The van der Waals surface area contributed by atoms with Crippen LogP contribution in [0.1, 0.15) is 6.92 Å². The van der Waals surface area contributed by atoms with E-state index in [0.29, 0.717) is 6.92 Å². The Morgan fingerprint density at radius 3 is 2.41 bits per heavy atom. The third-order valence-corrected chi connectivity index (χ3v) is 3.58. The van der Waals surface area contributed by atoms with E-state index in [4.69, 9.17) is 11.6 Å². The lowest BCUT2D eigenvalue weighted by Gasteiger charge is -2.16. The van der Waals surface area contributed by atoms with Gasteiger partial charge in [0.15, 0.2) is 0 Å². The molecule has 0 aromatic carbocycles. The molecule has 1 heterocycles. The van der Waals surface area contributed by atoms with Crippen molar-refractivity contribution >= 4 is 21.6 Å². The zero-order valence-electron chi connectivity index (χ0n) is 8.49. The summed E-state index contributed by atoms with van der Waals surface area (Å²) in [7, 11) is -4.25. The van der Waals surface area contributed by atoms with Gasteiger partial charge in [-0.25, -0.2) is 13.4 Å². The first kappa shape index (κ1) is 14.2. The maximum Gasteiger partial charge on any atom is 0.404 e. The molecule has 17 heavy (non-hydrogen) atoms. The Hall–Kier alpha value is -0.860. The second kappa shape index (κ2) is 4.79. The van der Waals surface area contributed by atoms with Gasteiger partial charge in [-0.1, -0.05) is 11.6 Å². The number of hydrogen-bond donors (Lipinski definition) is 1. The van der Waals surface area contributed by atoms with Gasteiger partial charge in [-0.05, 0) is 19.1 Å². The minimum absolute atomic E-state index is 0.0489. The minimum Gasteiger partial charge on any atom is -0.243 e. The van der Waals surface area contributed by atoms with Crippen molar-refractivity contribution in [2.45, 2.75) is 24.0 Å². The average molecular weight is 289 g/mol. The predicted molar refractivity (Wildman–Crippen MR) is 55.1 cm³/mol. The van der Waals surface area contributed by atoms with Crippen LogP contribution in [0.15, 0.2) is 23.2 Å². The fourth-order valence-electron chi connectivity index (χ4n) is 0.889. The maximum atomic E-state index is 12.2. The number of alkyl halides is 3.